The van der Waals surface area contributed by atoms with E-state index >= 15 is 0 Å². The van der Waals surface area contributed by atoms with Crippen LogP contribution >= 0.6 is 11.6 Å². The van der Waals surface area contributed by atoms with Crippen LogP contribution < -0.4 is 10.6 Å². The van der Waals surface area contributed by atoms with Crippen LogP contribution in [0.1, 0.15) is 15.9 Å². The highest BCUT2D eigenvalue weighted by molar-refractivity contribution is 6.30. The minimum atomic E-state index is -0.398. The lowest BCUT2D eigenvalue weighted by molar-refractivity contribution is -0.115. The highest BCUT2D eigenvalue weighted by Gasteiger charge is 2.07. The minimum absolute atomic E-state index is 0.198. The van der Waals surface area contributed by atoms with Crippen LogP contribution in [-0.4, -0.2) is 29.2 Å². The number of aromatic nitrogens is 2. The first-order valence-corrected chi connectivity index (χ1v) is 8.75. The number of anilines is 3. The van der Waals surface area contributed by atoms with Gasteiger partial charge in [0.1, 0.15) is 0 Å². The first-order valence-electron chi connectivity index (χ1n) is 8.37. The van der Waals surface area contributed by atoms with Gasteiger partial charge >= 0.3 is 5.97 Å². The van der Waals surface area contributed by atoms with Crippen molar-refractivity contribution in [1.29, 1.82) is 0 Å². The molecule has 0 unspecified atom stereocenters. The van der Waals surface area contributed by atoms with Crippen LogP contribution in [0, 0.1) is 0 Å². The molecule has 1 heterocycles. The summed E-state index contributed by atoms with van der Waals surface area (Å²) in [5, 5.41) is 14.4. The third-order valence-electron chi connectivity index (χ3n) is 3.79. The van der Waals surface area contributed by atoms with Crippen molar-refractivity contribution in [2.75, 3.05) is 17.7 Å². The van der Waals surface area contributed by atoms with Gasteiger partial charge in [0.15, 0.2) is 11.6 Å². The van der Waals surface area contributed by atoms with Crippen LogP contribution in [0.3, 0.4) is 0 Å². The maximum Gasteiger partial charge on any atom is 0.337 e. The fraction of sp³-hybridized carbons (Fsp3) is 0.100. The predicted octanol–water partition coefficient (Wildman–Crippen LogP) is 3.84. The van der Waals surface area contributed by atoms with E-state index in [1.807, 2.05) is 0 Å². The quantitative estimate of drug-likeness (QED) is 0.615. The van der Waals surface area contributed by atoms with Gasteiger partial charge in [-0.3, -0.25) is 4.79 Å². The minimum Gasteiger partial charge on any atom is -0.465 e. The zero-order chi connectivity index (χ0) is 19.9. The Morgan fingerprint density at radius 1 is 0.929 bits per heavy atom. The van der Waals surface area contributed by atoms with E-state index in [1.54, 1.807) is 60.7 Å². The first-order chi connectivity index (χ1) is 13.5. The first kappa shape index (κ1) is 19.3. The van der Waals surface area contributed by atoms with Crippen LogP contribution in [0.15, 0.2) is 60.7 Å². The van der Waals surface area contributed by atoms with Crippen molar-refractivity contribution in [3.05, 3.63) is 76.8 Å². The van der Waals surface area contributed by atoms with Crippen LogP contribution in [0.5, 0.6) is 0 Å². The maximum absolute atomic E-state index is 12.1. The topological polar surface area (TPSA) is 93.2 Å². The molecule has 142 valence electrons. The van der Waals surface area contributed by atoms with Crippen molar-refractivity contribution >= 4 is 40.8 Å². The van der Waals surface area contributed by atoms with Crippen molar-refractivity contribution in [3.8, 4) is 0 Å². The number of amides is 1. The number of esters is 1. The molecular weight excluding hydrogens is 380 g/mol. The molecule has 2 N–H and O–H groups in total. The number of nitrogens with zero attached hydrogens (tertiary/aromatic N) is 2. The Hall–Kier alpha value is -3.45. The number of halogens is 1. The molecule has 28 heavy (non-hydrogen) atoms. The molecule has 0 saturated carbocycles. The van der Waals surface area contributed by atoms with Crippen molar-refractivity contribution in [3.63, 3.8) is 0 Å². The molecule has 0 fully saturated rings. The van der Waals surface area contributed by atoms with E-state index in [9.17, 15) is 9.59 Å². The molecule has 0 aliphatic carbocycles. The number of rotatable bonds is 6. The highest BCUT2D eigenvalue weighted by atomic mass is 35.5. The van der Waals surface area contributed by atoms with Gasteiger partial charge in [0, 0.05) is 10.7 Å². The Balaban J connectivity index is 1.56. The second kappa shape index (κ2) is 8.96. The van der Waals surface area contributed by atoms with E-state index in [1.165, 1.54) is 7.11 Å². The van der Waals surface area contributed by atoms with Crippen molar-refractivity contribution in [2.45, 2.75) is 6.42 Å². The summed E-state index contributed by atoms with van der Waals surface area (Å²) < 4.78 is 4.66. The molecule has 0 bridgehead atoms. The number of hydrogen-bond acceptors (Lipinski definition) is 6. The summed E-state index contributed by atoms with van der Waals surface area (Å²) in [6.45, 7) is 0. The molecule has 8 heteroatoms. The van der Waals surface area contributed by atoms with Crippen molar-refractivity contribution < 1.29 is 14.3 Å². The van der Waals surface area contributed by atoms with Gasteiger partial charge in [-0.1, -0.05) is 23.7 Å². The Morgan fingerprint density at radius 2 is 1.57 bits per heavy atom. The van der Waals surface area contributed by atoms with Crippen molar-refractivity contribution in [1.82, 2.24) is 10.2 Å². The molecule has 0 spiro atoms. The summed E-state index contributed by atoms with van der Waals surface area (Å²) in [5.41, 5.74) is 2.04. The van der Waals surface area contributed by atoms with Gasteiger partial charge in [-0.15, -0.1) is 10.2 Å². The van der Waals surface area contributed by atoms with Crippen LogP contribution in [0.2, 0.25) is 5.02 Å². The summed E-state index contributed by atoms with van der Waals surface area (Å²) in [6.07, 6.45) is 0.214. The summed E-state index contributed by atoms with van der Waals surface area (Å²) in [6, 6.07) is 17.2. The van der Waals surface area contributed by atoms with Crippen molar-refractivity contribution in [2.24, 2.45) is 0 Å². The second-order valence-corrected chi connectivity index (χ2v) is 6.29. The fourth-order valence-electron chi connectivity index (χ4n) is 2.40. The number of carbonyl (C=O) groups is 2. The standard InChI is InChI=1S/C20H17ClN4O3/c1-28-20(27)14-4-8-16(9-5-14)22-17-10-11-18(25-24-17)23-19(26)12-13-2-6-15(21)7-3-13/h2-11H,12H2,1H3,(H,22,24)(H,23,25,26). The Morgan fingerprint density at radius 3 is 2.18 bits per heavy atom. The van der Waals surface area contributed by atoms with Gasteiger partial charge in [-0.2, -0.15) is 0 Å². The second-order valence-electron chi connectivity index (χ2n) is 5.85. The predicted molar refractivity (Wildman–Crippen MR) is 107 cm³/mol. The lowest BCUT2D eigenvalue weighted by atomic mass is 10.1. The number of methoxy groups -OCH3 is 1. The van der Waals surface area contributed by atoms with E-state index in [-0.39, 0.29) is 12.3 Å². The van der Waals surface area contributed by atoms with Gasteiger partial charge < -0.3 is 15.4 Å². The number of carbonyl (C=O) groups excluding carboxylic acids is 2. The molecule has 3 aromatic rings. The SMILES string of the molecule is COC(=O)c1ccc(Nc2ccc(NC(=O)Cc3ccc(Cl)cc3)nn2)cc1. The monoisotopic (exact) mass is 396 g/mol. The van der Waals surface area contributed by atoms with E-state index in [0.29, 0.717) is 22.2 Å². The molecule has 2 aromatic carbocycles. The largest absolute Gasteiger partial charge is 0.465 e. The number of nitrogens with one attached hydrogen (secondary N) is 2. The van der Waals surface area contributed by atoms with Gasteiger partial charge in [0.05, 0.1) is 19.1 Å². The third kappa shape index (κ3) is 5.28. The molecule has 1 amide bonds. The van der Waals surface area contributed by atoms with Gasteiger partial charge in [-0.05, 0) is 54.1 Å². The van der Waals surface area contributed by atoms with Crippen LogP contribution in [-0.2, 0) is 16.0 Å². The lowest BCUT2D eigenvalue weighted by Gasteiger charge is -2.07. The van der Waals surface area contributed by atoms with Gasteiger partial charge in [0.25, 0.3) is 0 Å². The summed E-state index contributed by atoms with van der Waals surface area (Å²) in [7, 11) is 1.33. The molecule has 0 atom stereocenters. The smallest absolute Gasteiger partial charge is 0.337 e. The molecule has 0 aliphatic heterocycles. The fourth-order valence-corrected chi connectivity index (χ4v) is 2.52. The number of benzene rings is 2. The summed E-state index contributed by atoms with van der Waals surface area (Å²) >= 11 is 5.83. The van der Waals surface area contributed by atoms with Gasteiger partial charge in [-0.25, -0.2) is 4.79 Å². The highest BCUT2D eigenvalue weighted by Crippen LogP contribution is 2.16. The number of ether oxygens (including phenoxy) is 1. The zero-order valence-electron chi connectivity index (χ0n) is 15.0. The summed E-state index contributed by atoms with van der Waals surface area (Å²) in [5.74, 6) is 0.257. The molecule has 7 nitrogen and oxygen atoms in total. The van der Waals surface area contributed by atoms with Crippen LogP contribution in [0.25, 0.3) is 0 Å². The molecule has 3 rings (SSSR count). The van der Waals surface area contributed by atoms with E-state index in [0.717, 1.165) is 11.3 Å². The average molecular weight is 397 g/mol. The third-order valence-corrected chi connectivity index (χ3v) is 4.04. The van der Waals surface area contributed by atoms with Gasteiger partial charge in [0.2, 0.25) is 5.91 Å². The number of hydrogen-bond donors (Lipinski definition) is 2. The van der Waals surface area contributed by atoms with E-state index < -0.39 is 5.97 Å². The molecule has 0 aliphatic rings. The lowest BCUT2D eigenvalue weighted by Crippen LogP contribution is -2.15. The molecule has 1 aromatic heterocycles. The zero-order valence-corrected chi connectivity index (χ0v) is 15.7. The molecular formula is C20H17ClN4O3. The summed E-state index contributed by atoms with van der Waals surface area (Å²) in [4.78, 5) is 23.5. The van der Waals surface area contributed by atoms with Crippen LogP contribution in [0.4, 0.5) is 17.3 Å². The van der Waals surface area contributed by atoms with E-state index in [2.05, 4.69) is 25.6 Å². The normalized spacial score (nSPS) is 10.2. The Kier molecular flexibility index (Phi) is 6.18. The maximum atomic E-state index is 12.1. The molecule has 0 saturated heterocycles. The molecule has 0 radical (unpaired) electrons. The Labute approximate surface area is 166 Å². The van der Waals surface area contributed by atoms with E-state index in [4.69, 9.17) is 11.6 Å². The Bertz CT molecular complexity index is 958. The average Bonchev–Trinajstić information content (AvgIpc) is 2.71.